The van der Waals surface area contributed by atoms with E-state index in [-0.39, 0.29) is 9.03 Å². The fourth-order valence-electron chi connectivity index (χ4n) is 1.70. The molecule has 1 atom stereocenters. The lowest BCUT2D eigenvalue weighted by Gasteiger charge is -2.09. The number of benzene rings is 2. The molecule has 1 aliphatic carbocycles. The molecule has 22 heavy (non-hydrogen) atoms. The molecular formula is C18H19O3P. The van der Waals surface area contributed by atoms with Crippen LogP contribution >= 0.6 is 9.03 Å². The van der Waals surface area contributed by atoms with E-state index in [1.165, 1.54) is 0 Å². The zero-order valence-electron chi connectivity index (χ0n) is 12.2. The maximum absolute atomic E-state index is 8.63. The minimum absolute atomic E-state index is 0.0210. The minimum Gasteiger partial charge on any atom is -0.508 e. The van der Waals surface area contributed by atoms with Gasteiger partial charge in [-0.25, -0.2) is 0 Å². The number of hydrogen-bond acceptors (Lipinski definition) is 3. The zero-order chi connectivity index (χ0) is 15.5. The Bertz CT molecular complexity index is 594. The molecule has 0 heterocycles. The summed E-state index contributed by atoms with van der Waals surface area (Å²) in [7, 11) is 0.0210. The van der Waals surface area contributed by atoms with Gasteiger partial charge in [-0.3, -0.25) is 0 Å². The molecule has 2 aromatic carbocycles. The maximum atomic E-state index is 8.63. The lowest BCUT2D eigenvalue weighted by molar-refractivity contribution is 0.437. The predicted molar refractivity (Wildman–Crippen MR) is 91.0 cm³/mol. The molecule has 2 aromatic rings. The summed E-state index contributed by atoms with van der Waals surface area (Å²) in [5, 5.41) is 8.63. The van der Waals surface area contributed by atoms with Crippen LogP contribution in [0.1, 0.15) is 12.8 Å². The van der Waals surface area contributed by atoms with Crippen molar-refractivity contribution in [3.63, 3.8) is 0 Å². The van der Waals surface area contributed by atoms with Gasteiger partial charge in [0.05, 0.1) is 0 Å². The van der Waals surface area contributed by atoms with Crippen molar-refractivity contribution in [1.29, 1.82) is 0 Å². The summed E-state index contributed by atoms with van der Waals surface area (Å²) in [4.78, 5) is 0. The van der Waals surface area contributed by atoms with Gasteiger partial charge in [-0.1, -0.05) is 42.5 Å². The Morgan fingerprint density at radius 2 is 1.50 bits per heavy atom. The van der Waals surface area contributed by atoms with E-state index in [2.05, 4.69) is 12.2 Å². The number of phenols is 1. The van der Waals surface area contributed by atoms with Gasteiger partial charge in [-0.15, -0.1) is 0 Å². The van der Waals surface area contributed by atoms with Crippen molar-refractivity contribution in [1.82, 2.24) is 0 Å². The van der Waals surface area contributed by atoms with Gasteiger partial charge in [-0.05, 0) is 49.3 Å². The number of phenolic OH excluding ortho intramolecular Hbond substituents is 1. The van der Waals surface area contributed by atoms with Crippen molar-refractivity contribution >= 4 is 9.03 Å². The summed E-state index contributed by atoms with van der Waals surface area (Å²) in [6.45, 7) is 0. The highest BCUT2D eigenvalue weighted by molar-refractivity contribution is 7.26. The second-order valence-corrected chi connectivity index (χ2v) is 5.10. The summed E-state index contributed by atoms with van der Waals surface area (Å²) in [5.41, 5.74) is 0. The van der Waals surface area contributed by atoms with Crippen LogP contribution in [0.25, 0.3) is 0 Å². The van der Waals surface area contributed by atoms with Gasteiger partial charge in [-0.2, -0.15) is 0 Å². The Kier molecular flexibility index (Phi) is 7.07. The zero-order valence-corrected chi connectivity index (χ0v) is 13.2. The first kappa shape index (κ1) is 16.1. The van der Waals surface area contributed by atoms with Crippen LogP contribution in [0.4, 0.5) is 0 Å². The summed E-state index contributed by atoms with van der Waals surface area (Å²) in [6.07, 6.45) is 8.35. The average Bonchev–Trinajstić information content (AvgIpc) is 2.58. The van der Waals surface area contributed by atoms with Gasteiger partial charge in [0, 0.05) is 0 Å². The van der Waals surface area contributed by atoms with E-state index in [0.717, 1.165) is 24.4 Å². The van der Waals surface area contributed by atoms with Gasteiger partial charge in [0.2, 0.25) is 0 Å². The van der Waals surface area contributed by atoms with E-state index in [9.17, 15) is 0 Å². The Morgan fingerprint density at radius 1 is 0.818 bits per heavy atom. The molecule has 1 unspecified atom stereocenters. The van der Waals surface area contributed by atoms with E-state index in [1.807, 2.05) is 42.5 Å². The SMILES string of the molecule is C1=CC(OPOc2ccccc2)=CCC1.Oc1ccccc1. The Balaban J connectivity index is 0.000000211. The lowest BCUT2D eigenvalue weighted by atomic mass is 10.2. The van der Waals surface area contributed by atoms with Crippen LogP contribution in [0, 0.1) is 0 Å². The fourth-order valence-corrected chi connectivity index (χ4v) is 2.22. The molecule has 0 fully saturated rings. The second-order valence-electron chi connectivity index (χ2n) is 4.52. The highest BCUT2D eigenvalue weighted by Gasteiger charge is 1.98. The third kappa shape index (κ3) is 6.47. The smallest absolute Gasteiger partial charge is 0.275 e. The number of aromatic hydroxyl groups is 1. The van der Waals surface area contributed by atoms with E-state index in [4.69, 9.17) is 14.2 Å². The van der Waals surface area contributed by atoms with Crippen LogP contribution in [0.5, 0.6) is 11.5 Å². The highest BCUT2D eigenvalue weighted by Crippen LogP contribution is 2.25. The molecule has 0 radical (unpaired) electrons. The van der Waals surface area contributed by atoms with Crippen LogP contribution in [-0.2, 0) is 4.52 Å². The lowest BCUT2D eigenvalue weighted by Crippen LogP contribution is -1.86. The molecule has 1 aliphatic rings. The summed E-state index contributed by atoms with van der Waals surface area (Å²) < 4.78 is 10.9. The van der Waals surface area contributed by atoms with Crippen molar-refractivity contribution in [3.8, 4) is 11.5 Å². The Labute approximate surface area is 132 Å². The van der Waals surface area contributed by atoms with Crippen molar-refractivity contribution in [3.05, 3.63) is 84.7 Å². The summed E-state index contributed by atoms with van der Waals surface area (Å²) in [6, 6.07) is 18.4. The maximum Gasteiger partial charge on any atom is 0.275 e. The van der Waals surface area contributed by atoms with Crippen molar-refractivity contribution < 1.29 is 14.2 Å². The number of rotatable bonds is 4. The van der Waals surface area contributed by atoms with Crippen LogP contribution in [0.3, 0.4) is 0 Å². The van der Waals surface area contributed by atoms with Gasteiger partial charge in [0.15, 0.2) is 0 Å². The predicted octanol–water partition coefficient (Wildman–Crippen LogP) is 5.22. The van der Waals surface area contributed by atoms with Gasteiger partial charge in [0.1, 0.15) is 17.3 Å². The van der Waals surface area contributed by atoms with E-state index >= 15 is 0 Å². The molecule has 3 rings (SSSR count). The summed E-state index contributed by atoms with van der Waals surface area (Å²) in [5.74, 6) is 2.08. The second kappa shape index (κ2) is 9.64. The first-order valence-corrected chi connectivity index (χ1v) is 7.91. The molecule has 0 aliphatic heterocycles. The topological polar surface area (TPSA) is 38.7 Å². The largest absolute Gasteiger partial charge is 0.508 e. The first-order chi connectivity index (χ1) is 10.8. The van der Waals surface area contributed by atoms with E-state index < -0.39 is 0 Å². The van der Waals surface area contributed by atoms with Crippen molar-refractivity contribution in [2.75, 3.05) is 0 Å². The quantitative estimate of drug-likeness (QED) is 0.787. The third-order valence-electron chi connectivity index (χ3n) is 2.78. The molecule has 0 aromatic heterocycles. The van der Waals surface area contributed by atoms with E-state index in [0.29, 0.717) is 5.75 Å². The van der Waals surface area contributed by atoms with Crippen molar-refractivity contribution in [2.45, 2.75) is 12.8 Å². The van der Waals surface area contributed by atoms with Crippen LogP contribution < -0.4 is 4.52 Å². The molecule has 0 bridgehead atoms. The first-order valence-electron chi connectivity index (χ1n) is 7.09. The normalized spacial score (nSPS) is 13.2. The van der Waals surface area contributed by atoms with Crippen LogP contribution in [0.15, 0.2) is 84.7 Å². The molecular weight excluding hydrogens is 295 g/mol. The van der Waals surface area contributed by atoms with Crippen LogP contribution in [0.2, 0.25) is 0 Å². The molecule has 0 amide bonds. The Morgan fingerprint density at radius 3 is 2.05 bits per heavy atom. The Hall–Kier alpha value is -2.25. The average molecular weight is 314 g/mol. The molecule has 4 heteroatoms. The monoisotopic (exact) mass is 314 g/mol. The van der Waals surface area contributed by atoms with Crippen LogP contribution in [-0.4, -0.2) is 5.11 Å². The van der Waals surface area contributed by atoms with E-state index in [1.54, 1.807) is 24.3 Å². The standard InChI is InChI=1S/C12H13O2P.C6H6O/c1-3-7-11(8-4-1)13-15-14-12-9-5-2-6-10-12;7-6-4-2-1-3-5-6/h1,3-5,7-10,15H,2,6H2;1-5,7H. The van der Waals surface area contributed by atoms with Gasteiger partial charge < -0.3 is 14.2 Å². The number of para-hydroxylation sites is 2. The third-order valence-corrected chi connectivity index (χ3v) is 3.42. The molecule has 114 valence electrons. The van der Waals surface area contributed by atoms with Gasteiger partial charge in [0.25, 0.3) is 9.03 Å². The minimum atomic E-state index is 0.0210. The summed E-state index contributed by atoms with van der Waals surface area (Å²) >= 11 is 0. The number of allylic oxidation sites excluding steroid dienone is 3. The van der Waals surface area contributed by atoms with Crippen molar-refractivity contribution in [2.24, 2.45) is 0 Å². The molecule has 1 N–H and O–H groups in total. The number of hydrogen-bond donors (Lipinski definition) is 1. The van der Waals surface area contributed by atoms with Gasteiger partial charge >= 0.3 is 0 Å². The molecule has 3 nitrogen and oxygen atoms in total. The highest BCUT2D eigenvalue weighted by atomic mass is 31.1. The molecule has 0 saturated heterocycles. The molecule has 0 saturated carbocycles. The fraction of sp³-hybridized carbons (Fsp3) is 0.111. The molecule has 0 spiro atoms.